The van der Waals surface area contributed by atoms with E-state index in [-0.39, 0.29) is 11.8 Å². The molecule has 1 radical (unpaired) electrons. The Labute approximate surface area is 137 Å². The summed E-state index contributed by atoms with van der Waals surface area (Å²) in [6, 6.07) is 9.82. The number of amides is 2. The minimum atomic E-state index is -0.343. The predicted molar refractivity (Wildman–Crippen MR) is 90.4 cm³/mol. The topological polar surface area (TPSA) is 60.3 Å². The summed E-state index contributed by atoms with van der Waals surface area (Å²) in [4.78, 5) is 24.2. The first kappa shape index (κ1) is 17.0. The minimum Gasteiger partial charge on any atom is -0.321 e. The van der Waals surface area contributed by atoms with Crippen LogP contribution in [0.1, 0.15) is 45.1 Å². The molecule has 1 N–H and O–H groups in total. The fraction of sp³-hybridized carbons (Fsp3) is 0.368. The average Bonchev–Trinajstić information content (AvgIpc) is 2.55. The van der Waals surface area contributed by atoms with Crippen LogP contribution < -0.4 is 10.6 Å². The second kappa shape index (κ2) is 8.32. The van der Waals surface area contributed by atoms with Crippen molar-refractivity contribution in [2.75, 3.05) is 0 Å². The predicted octanol–water partition coefficient (Wildman–Crippen LogP) is 3.23. The van der Waals surface area contributed by atoms with E-state index in [2.05, 4.69) is 17.6 Å². The van der Waals surface area contributed by atoms with Crippen LogP contribution in [0.2, 0.25) is 0 Å². The van der Waals surface area contributed by atoms with E-state index in [1.54, 1.807) is 0 Å². The Balaban J connectivity index is 1.94. The molecular weight excluding hydrogens is 288 g/mol. The number of nitrogens with zero attached hydrogens (tertiary/aromatic N) is 1. The number of nitrogens with one attached hydrogen (secondary N) is 1. The molecule has 4 heteroatoms. The number of benzene rings is 1. The van der Waals surface area contributed by atoms with Gasteiger partial charge in [0, 0.05) is 12.1 Å². The van der Waals surface area contributed by atoms with Crippen molar-refractivity contribution in [3.63, 3.8) is 0 Å². The molecule has 2 amide bonds. The highest BCUT2D eigenvalue weighted by molar-refractivity contribution is 6.00. The van der Waals surface area contributed by atoms with Crippen molar-refractivity contribution in [2.45, 2.75) is 46.0 Å². The lowest BCUT2D eigenvalue weighted by Gasteiger charge is -2.17. The molecule has 23 heavy (non-hydrogen) atoms. The molecule has 0 saturated carbocycles. The monoisotopic (exact) mass is 311 g/mol. The van der Waals surface area contributed by atoms with Crippen LogP contribution in [0, 0.1) is 0 Å². The average molecular weight is 311 g/mol. The number of carbonyl (C=O) groups excluding carboxylic acids is 2. The van der Waals surface area contributed by atoms with Crippen LogP contribution in [-0.2, 0) is 16.0 Å². The molecule has 4 nitrogen and oxygen atoms in total. The number of hydrogen-bond acceptors (Lipinski definition) is 2. The molecule has 0 fully saturated rings. The van der Waals surface area contributed by atoms with E-state index < -0.39 is 0 Å². The van der Waals surface area contributed by atoms with Crippen LogP contribution >= 0.6 is 0 Å². The van der Waals surface area contributed by atoms with E-state index in [0.717, 1.165) is 36.1 Å². The molecule has 0 bridgehead atoms. The molecule has 1 aliphatic heterocycles. The van der Waals surface area contributed by atoms with Crippen LogP contribution in [0.25, 0.3) is 0 Å². The third-order valence-corrected chi connectivity index (χ3v) is 3.77. The Morgan fingerprint density at radius 2 is 1.91 bits per heavy atom. The van der Waals surface area contributed by atoms with Crippen LogP contribution in [0.5, 0.6) is 0 Å². The molecule has 0 unspecified atom stereocenters. The molecule has 1 aromatic rings. The molecule has 2 rings (SSSR count). The largest absolute Gasteiger partial charge is 0.321 e. The first-order chi connectivity index (χ1) is 11.1. The summed E-state index contributed by atoms with van der Waals surface area (Å²) in [5, 5.41) is 6.79. The Kier molecular flexibility index (Phi) is 6.15. The van der Waals surface area contributed by atoms with E-state index in [4.69, 9.17) is 0 Å². The van der Waals surface area contributed by atoms with Crippen LogP contribution in [0.15, 0.2) is 53.4 Å². The molecule has 0 aliphatic carbocycles. The van der Waals surface area contributed by atoms with E-state index in [1.165, 1.54) is 0 Å². The fourth-order valence-electron chi connectivity index (χ4n) is 2.45. The number of hydrogen-bond donors (Lipinski definition) is 1. The van der Waals surface area contributed by atoms with Crippen LogP contribution in [0.3, 0.4) is 0 Å². The lowest BCUT2D eigenvalue weighted by atomic mass is 10.1. The molecule has 121 valence electrons. The van der Waals surface area contributed by atoms with Gasteiger partial charge in [-0.1, -0.05) is 43.7 Å². The molecule has 0 spiro atoms. The molecule has 1 aromatic carbocycles. The molecule has 1 heterocycles. The maximum absolute atomic E-state index is 12.1. The summed E-state index contributed by atoms with van der Waals surface area (Å²) < 4.78 is 0. The lowest BCUT2D eigenvalue weighted by molar-refractivity contribution is -0.123. The highest BCUT2D eigenvalue weighted by atomic mass is 16.2. The maximum atomic E-state index is 12.1. The molecule has 0 atom stereocenters. The highest BCUT2D eigenvalue weighted by Crippen LogP contribution is 2.17. The zero-order valence-corrected chi connectivity index (χ0v) is 13.8. The van der Waals surface area contributed by atoms with E-state index in [0.29, 0.717) is 18.5 Å². The fourth-order valence-corrected chi connectivity index (χ4v) is 2.45. The van der Waals surface area contributed by atoms with Gasteiger partial charge >= 0.3 is 0 Å². The summed E-state index contributed by atoms with van der Waals surface area (Å²) in [5.41, 5.74) is 3.00. The number of allylic oxidation sites excluding steroid dienone is 3. The summed E-state index contributed by atoms with van der Waals surface area (Å²) in [6.45, 7) is 3.94. The molecular formula is C19H23N2O2. The van der Waals surface area contributed by atoms with Crippen molar-refractivity contribution in [2.24, 2.45) is 0 Å². The SMILES string of the molecule is CCCCC1=CC(C)=C(NC(=O)CCc2ccccc2)C(=O)[N]1. The van der Waals surface area contributed by atoms with Gasteiger partial charge in [0.15, 0.2) is 0 Å². The number of carbonyl (C=O) groups is 2. The normalized spacial score (nSPS) is 14.3. The van der Waals surface area contributed by atoms with Gasteiger partial charge in [0.25, 0.3) is 5.91 Å². The van der Waals surface area contributed by atoms with E-state index >= 15 is 0 Å². The highest BCUT2D eigenvalue weighted by Gasteiger charge is 2.22. The van der Waals surface area contributed by atoms with Gasteiger partial charge in [-0.2, -0.15) is 0 Å². The van der Waals surface area contributed by atoms with Crippen molar-refractivity contribution in [3.05, 3.63) is 58.9 Å². The van der Waals surface area contributed by atoms with Crippen LogP contribution in [0.4, 0.5) is 0 Å². The number of unbranched alkanes of at least 4 members (excludes halogenated alkanes) is 1. The van der Waals surface area contributed by atoms with Gasteiger partial charge < -0.3 is 5.32 Å². The smallest absolute Gasteiger partial charge is 0.293 e. The maximum Gasteiger partial charge on any atom is 0.293 e. The summed E-state index contributed by atoms with van der Waals surface area (Å²) in [5.74, 6) is -0.499. The van der Waals surface area contributed by atoms with E-state index in [1.807, 2.05) is 43.3 Å². The van der Waals surface area contributed by atoms with Gasteiger partial charge in [-0.05, 0) is 43.4 Å². The second-order valence-corrected chi connectivity index (χ2v) is 5.75. The zero-order chi connectivity index (χ0) is 16.7. The third-order valence-electron chi connectivity index (χ3n) is 3.77. The quantitative estimate of drug-likeness (QED) is 0.840. The van der Waals surface area contributed by atoms with Crippen molar-refractivity contribution in [1.29, 1.82) is 0 Å². The van der Waals surface area contributed by atoms with Gasteiger partial charge in [-0.15, -0.1) is 0 Å². The van der Waals surface area contributed by atoms with Crippen molar-refractivity contribution in [3.8, 4) is 0 Å². The van der Waals surface area contributed by atoms with Crippen LogP contribution in [-0.4, -0.2) is 11.8 Å². The number of rotatable bonds is 7. The summed E-state index contributed by atoms with van der Waals surface area (Å²) >= 11 is 0. The van der Waals surface area contributed by atoms with Gasteiger partial charge in [0.1, 0.15) is 5.70 Å². The van der Waals surface area contributed by atoms with Crippen molar-refractivity contribution in [1.82, 2.24) is 10.6 Å². The Hall–Kier alpha value is -2.36. The van der Waals surface area contributed by atoms with Gasteiger partial charge in [0.2, 0.25) is 5.91 Å². The van der Waals surface area contributed by atoms with Gasteiger partial charge in [0.05, 0.1) is 0 Å². The standard InChI is InChI=1S/C19H23N2O2/c1-3-4-10-16-13-14(2)18(19(23)20-16)21-17(22)12-11-15-8-6-5-7-9-15/h5-9,13H,3-4,10-12H2,1-2H3,(H,21,22). The first-order valence-electron chi connectivity index (χ1n) is 8.11. The minimum absolute atomic E-state index is 0.155. The summed E-state index contributed by atoms with van der Waals surface area (Å²) in [7, 11) is 0. The Morgan fingerprint density at radius 3 is 2.57 bits per heavy atom. The van der Waals surface area contributed by atoms with E-state index in [9.17, 15) is 9.59 Å². The number of aryl methyl sites for hydroxylation is 1. The molecule has 1 aliphatic rings. The Bertz CT molecular complexity index is 630. The van der Waals surface area contributed by atoms with Crippen molar-refractivity contribution < 1.29 is 9.59 Å². The first-order valence-corrected chi connectivity index (χ1v) is 8.11. The zero-order valence-electron chi connectivity index (χ0n) is 13.8. The molecule has 0 saturated heterocycles. The van der Waals surface area contributed by atoms with Crippen molar-refractivity contribution >= 4 is 11.8 Å². The Morgan fingerprint density at radius 1 is 1.17 bits per heavy atom. The lowest BCUT2D eigenvalue weighted by Crippen LogP contribution is -2.34. The second-order valence-electron chi connectivity index (χ2n) is 5.75. The van der Waals surface area contributed by atoms with Gasteiger partial charge in [-0.25, -0.2) is 5.32 Å². The summed E-state index contributed by atoms with van der Waals surface area (Å²) in [6.07, 6.45) is 5.77. The van der Waals surface area contributed by atoms with Gasteiger partial charge in [-0.3, -0.25) is 9.59 Å². The molecule has 0 aromatic heterocycles. The third kappa shape index (κ3) is 5.09.